The molecule has 0 aliphatic rings. The van der Waals surface area contributed by atoms with Gasteiger partial charge in [-0.15, -0.1) is 0 Å². The predicted molar refractivity (Wildman–Crippen MR) is 88.3 cm³/mol. The van der Waals surface area contributed by atoms with E-state index in [1.54, 1.807) is 0 Å². The summed E-state index contributed by atoms with van der Waals surface area (Å²) in [7, 11) is 0. The molecule has 2 aromatic rings. The molecule has 0 radical (unpaired) electrons. The lowest BCUT2D eigenvalue weighted by Crippen LogP contribution is -2.52. The highest BCUT2D eigenvalue weighted by Gasteiger charge is 2.28. The lowest BCUT2D eigenvalue weighted by molar-refractivity contribution is -0.00975. The first-order valence-electron chi connectivity index (χ1n) is 7.53. The van der Waals surface area contributed by atoms with E-state index in [0.29, 0.717) is 12.8 Å². The molecule has 0 spiro atoms. The van der Waals surface area contributed by atoms with Crippen LogP contribution >= 0.6 is 0 Å². The number of benzene rings is 2. The Bertz CT molecular complexity index is 496. The van der Waals surface area contributed by atoms with E-state index in [9.17, 15) is 10.2 Å². The quantitative estimate of drug-likeness (QED) is 0.610. The molecule has 0 aromatic heterocycles. The van der Waals surface area contributed by atoms with E-state index in [4.69, 9.17) is 11.5 Å². The van der Waals surface area contributed by atoms with Gasteiger partial charge in [-0.2, -0.15) is 0 Å². The van der Waals surface area contributed by atoms with Gasteiger partial charge in [-0.25, -0.2) is 0 Å². The SMILES string of the molecule is N[C@H](Cc1ccccc1)[C@H](O)[C@@H](O)[C@H](N)Cc1ccccc1. The monoisotopic (exact) mass is 300 g/mol. The van der Waals surface area contributed by atoms with E-state index in [1.165, 1.54) is 0 Å². The third kappa shape index (κ3) is 4.64. The molecule has 6 N–H and O–H groups in total. The van der Waals surface area contributed by atoms with Crippen LogP contribution in [0, 0.1) is 0 Å². The third-order valence-corrected chi connectivity index (χ3v) is 3.86. The number of aliphatic hydroxyl groups is 2. The first-order chi connectivity index (χ1) is 10.6. The summed E-state index contributed by atoms with van der Waals surface area (Å²) in [5.41, 5.74) is 14.1. The number of nitrogens with two attached hydrogens (primary N) is 2. The normalized spacial score (nSPS) is 16.7. The van der Waals surface area contributed by atoms with E-state index in [0.717, 1.165) is 11.1 Å². The zero-order chi connectivity index (χ0) is 15.9. The first kappa shape index (κ1) is 16.6. The zero-order valence-corrected chi connectivity index (χ0v) is 12.5. The van der Waals surface area contributed by atoms with Crippen molar-refractivity contribution in [3.63, 3.8) is 0 Å². The molecule has 0 unspecified atom stereocenters. The summed E-state index contributed by atoms with van der Waals surface area (Å²) in [5, 5.41) is 20.5. The van der Waals surface area contributed by atoms with Crippen molar-refractivity contribution in [2.24, 2.45) is 11.5 Å². The van der Waals surface area contributed by atoms with Crippen LogP contribution in [0.1, 0.15) is 11.1 Å². The fourth-order valence-electron chi connectivity index (χ4n) is 2.52. The molecule has 118 valence electrons. The van der Waals surface area contributed by atoms with Crippen LogP contribution in [0.3, 0.4) is 0 Å². The lowest BCUT2D eigenvalue weighted by Gasteiger charge is -2.28. The minimum absolute atomic E-state index is 0.497. The molecule has 2 aromatic carbocycles. The van der Waals surface area contributed by atoms with Crippen molar-refractivity contribution in [2.45, 2.75) is 37.1 Å². The second kappa shape index (κ2) is 8.06. The van der Waals surface area contributed by atoms with Crippen molar-refractivity contribution in [3.05, 3.63) is 71.8 Å². The zero-order valence-electron chi connectivity index (χ0n) is 12.5. The summed E-state index contributed by atoms with van der Waals surface area (Å²) in [6.07, 6.45) is -1.12. The van der Waals surface area contributed by atoms with Gasteiger partial charge in [-0.3, -0.25) is 0 Å². The molecule has 4 atom stereocenters. The first-order valence-corrected chi connectivity index (χ1v) is 7.53. The summed E-state index contributed by atoms with van der Waals surface area (Å²) in [5.74, 6) is 0. The highest BCUT2D eigenvalue weighted by atomic mass is 16.3. The molecule has 22 heavy (non-hydrogen) atoms. The Hall–Kier alpha value is -1.72. The van der Waals surface area contributed by atoms with Gasteiger partial charge in [-0.05, 0) is 24.0 Å². The van der Waals surface area contributed by atoms with Crippen molar-refractivity contribution in [1.29, 1.82) is 0 Å². The Balaban J connectivity index is 1.91. The highest BCUT2D eigenvalue weighted by molar-refractivity contribution is 5.18. The van der Waals surface area contributed by atoms with Gasteiger partial charge in [0, 0.05) is 12.1 Å². The van der Waals surface area contributed by atoms with Gasteiger partial charge in [0.2, 0.25) is 0 Å². The smallest absolute Gasteiger partial charge is 0.0968 e. The predicted octanol–water partition coefficient (Wildman–Crippen LogP) is 0.848. The molecule has 0 amide bonds. The van der Waals surface area contributed by atoms with Gasteiger partial charge in [0.1, 0.15) is 0 Å². The van der Waals surface area contributed by atoms with Crippen LogP contribution in [0.25, 0.3) is 0 Å². The molecule has 0 aliphatic carbocycles. The Morgan fingerprint density at radius 1 is 0.636 bits per heavy atom. The maximum absolute atomic E-state index is 10.2. The summed E-state index contributed by atoms with van der Waals surface area (Å²) >= 11 is 0. The third-order valence-electron chi connectivity index (χ3n) is 3.86. The van der Waals surface area contributed by atoms with Gasteiger partial charge in [0.15, 0.2) is 0 Å². The maximum atomic E-state index is 10.2. The average Bonchev–Trinajstić information content (AvgIpc) is 2.55. The van der Waals surface area contributed by atoms with Crippen LogP contribution in [0.2, 0.25) is 0 Å². The Kier molecular flexibility index (Phi) is 6.10. The van der Waals surface area contributed by atoms with Gasteiger partial charge in [-0.1, -0.05) is 60.7 Å². The van der Waals surface area contributed by atoms with Gasteiger partial charge < -0.3 is 21.7 Å². The standard InChI is InChI=1S/C18H24N2O2/c19-15(11-13-7-3-1-4-8-13)17(21)18(22)16(20)12-14-9-5-2-6-10-14/h1-10,15-18,21-22H,11-12,19-20H2/t15-,16-,17+,18+/m1/s1. The lowest BCUT2D eigenvalue weighted by atomic mass is 9.92. The van der Waals surface area contributed by atoms with Crippen molar-refractivity contribution in [3.8, 4) is 0 Å². The molecule has 4 heteroatoms. The summed E-state index contributed by atoms with van der Waals surface area (Å²) in [4.78, 5) is 0. The van der Waals surface area contributed by atoms with Crippen molar-refractivity contribution in [2.75, 3.05) is 0 Å². The summed E-state index contributed by atoms with van der Waals surface area (Å²) in [6.45, 7) is 0. The fraction of sp³-hybridized carbons (Fsp3) is 0.333. The van der Waals surface area contributed by atoms with E-state index >= 15 is 0 Å². The highest BCUT2D eigenvalue weighted by Crippen LogP contribution is 2.11. The van der Waals surface area contributed by atoms with Gasteiger partial charge >= 0.3 is 0 Å². The maximum Gasteiger partial charge on any atom is 0.0968 e. The van der Waals surface area contributed by atoms with Crippen LogP contribution < -0.4 is 11.5 Å². The van der Waals surface area contributed by atoms with Gasteiger partial charge in [0.05, 0.1) is 12.2 Å². The van der Waals surface area contributed by atoms with Gasteiger partial charge in [0.25, 0.3) is 0 Å². The molecule has 0 bridgehead atoms. The molecule has 0 saturated heterocycles. The summed E-state index contributed by atoms with van der Waals surface area (Å²) < 4.78 is 0. The second-order valence-electron chi connectivity index (χ2n) is 5.69. The number of rotatable bonds is 7. The second-order valence-corrected chi connectivity index (χ2v) is 5.69. The van der Waals surface area contributed by atoms with E-state index in [2.05, 4.69) is 0 Å². The Morgan fingerprint density at radius 2 is 0.955 bits per heavy atom. The van der Waals surface area contributed by atoms with E-state index in [1.807, 2.05) is 60.7 Å². The van der Waals surface area contributed by atoms with Crippen LogP contribution in [0.15, 0.2) is 60.7 Å². The molecule has 0 heterocycles. The van der Waals surface area contributed by atoms with Crippen LogP contribution in [-0.4, -0.2) is 34.5 Å². The van der Waals surface area contributed by atoms with Crippen molar-refractivity contribution in [1.82, 2.24) is 0 Å². The molecule has 0 saturated carbocycles. The molecule has 0 aliphatic heterocycles. The Labute approximate surface area is 131 Å². The topological polar surface area (TPSA) is 92.5 Å². The molecular formula is C18H24N2O2. The summed E-state index contributed by atoms with van der Waals surface area (Å²) in [6, 6.07) is 18.2. The van der Waals surface area contributed by atoms with E-state index in [-0.39, 0.29) is 0 Å². The van der Waals surface area contributed by atoms with Crippen LogP contribution in [-0.2, 0) is 12.8 Å². The van der Waals surface area contributed by atoms with E-state index < -0.39 is 24.3 Å². The number of hydrogen-bond donors (Lipinski definition) is 4. The van der Waals surface area contributed by atoms with Crippen LogP contribution in [0.4, 0.5) is 0 Å². The number of aliphatic hydroxyl groups excluding tert-OH is 2. The largest absolute Gasteiger partial charge is 0.389 e. The minimum Gasteiger partial charge on any atom is -0.389 e. The molecule has 0 fully saturated rings. The van der Waals surface area contributed by atoms with Crippen LogP contribution in [0.5, 0.6) is 0 Å². The number of hydrogen-bond acceptors (Lipinski definition) is 4. The van der Waals surface area contributed by atoms with Crippen molar-refractivity contribution >= 4 is 0 Å². The molecular weight excluding hydrogens is 276 g/mol. The minimum atomic E-state index is -1.06. The Morgan fingerprint density at radius 3 is 1.27 bits per heavy atom. The van der Waals surface area contributed by atoms with Crippen molar-refractivity contribution < 1.29 is 10.2 Å². The average molecular weight is 300 g/mol. The fourth-order valence-corrected chi connectivity index (χ4v) is 2.52. The molecule has 2 rings (SSSR count). The molecule has 4 nitrogen and oxygen atoms in total.